The first-order valence-corrected chi connectivity index (χ1v) is 8.66. The molecule has 0 amide bonds. The molecule has 0 aliphatic carbocycles. The Bertz CT molecular complexity index is 1040. The van der Waals surface area contributed by atoms with Gasteiger partial charge in [-0.15, -0.1) is 0 Å². The summed E-state index contributed by atoms with van der Waals surface area (Å²) >= 11 is 0. The number of nitrogens with one attached hydrogen (secondary N) is 1. The number of benzene rings is 2. The molecular formula is C19H20N4O4. The monoisotopic (exact) mass is 368 g/mol. The molecule has 1 aliphatic rings. The number of aromatic nitrogens is 2. The molecule has 8 nitrogen and oxygen atoms in total. The first kappa shape index (κ1) is 18.5. The quantitative estimate of drug-likeness (QED) is 0.562. The Labute approximate surface area is 154 Å². The van der Waals surface area contributed by atoms with Gasteiger partial charge < -0.3 is 10.4 Å². The van der Waals surface area contributed by atoms with Crippen LogP contribution in [-0.4, -0.2) is 33.7 Å². The van der Waals surface area contributed by atoms with Gasteiger partial charge in [0.2, 0.25) is 0 Å². The summed E-state index contributed by atoms with van der Waals surface area (Å²) < 4.78 is 0. The fraction of sp³-hybridized carbons (Fsp3) is 0.263. The first-order valence-electron chi connectivity index (χ1n) is 8.66. The highest BCUT2D eigenvalue weighted by molar-refractivity contribution is 5.94. The van der Waals surface area contributed by atoms with Crippen LogP contribution in [0.3, 0.4) is 0 Å². The summed E-state index contributed by atoms with van der Waals surface area (Å²) in [7, 11) is 0. The van der Waals surface area contributed by atoms with E-state index in [1.165, 1.54) is 0 Å². The van der Waals surface area contributed by atoms with E-state index < -0.39 is 0 Å². The molecule has 3 aromatic rings. The van der Waals surface area contributed by atoms with Gasteiger partial charge in [0.25, 0.3) is 11.2 Å². The van der Waals surface area contributed by atoms with Gasteiger partial charge in [-0.25, -0.2) is 5.10 Å². The number of nitro groups is 1. The van der Waals surface area contributed by atoms with Crippen molar-refractivity contribution in [2.45, 2.75) is 19.3 Å². The van der Waals surface area contributed by atoms with E-state index in [4.69, 9.17) is 0 Å². The second-order valence-electron chi connectivity index (χ2n) is 6.46. The fourth-order valence-corrected chi connectivity index (χ4v) is 3.55. The number of H-pyrrole nitrogens is 1. The highest BCUT2D eigenvalue weighted by Crippen LogP contribution is 2.35. The lowest BCUT2D eigenvalue weighted by molar-refractivity contribution is -0.384. The van der Waals surface area contributed by atoms with E-state index in [-0.39, 0.29) is 21.6 Å². The maximum absolute atomic E-state index is 12.0. The molecule has 0 spiro atoms. The molecule has 27 heavy (non-hydrogen) atoms. The van der Waals surface area contributed by atoms with Crippen LogP contribution in [0, 0.1) is 10.1 Å². The van der Waals surface area contributed by atoms with Crippen LogP contribution in [0.5, 0.6) is 0 Å². The minimum Gasteiger partial charge on any atom is -0.412 e. The number of aromatic amines is 1. The van der Waals surface area contributed by atoms with Crippen molar-refractivity contribution in [1.29, 1.82) is 0 Å². The van der Waals surface area contributed by atoms with Crippen LogP contribution in [0.2, 0.25) is 0 Å². The lowest BCUT2D eigenvalue weighted by Gasteiger charge is -2.28. The number of hydrogen-bond acceptors (Lipinski definition) is 5. The lowest BCUT2D eigenvalue weighted by Crippen LogP contribution is -2.29. The first-order chi connectivity index (χ1) is 12.6. The normalized spacial score (nSPS) is 14.0. The molecule has 0 radical (unpaired) electrons. The van der Waals surface area contributed by atoms with Crippen molar-refractivity contribution < 1.29 is 10.4 Å². The second-order valence-corrected chi connectivity index (χ2v) is 6.46. The van der Waals surface area contributed by atoms with Gasteiger partial charge in [-0.2, -0.15) is 5.10 Å². The van der Waals surface area contributed by atoms with Crippen LogP contribution in [0.1, 0.15) is 19.3 Å². The molecule has 1 saturated heterocycles. The van der Waals surface area contributed by atoms with Crippen molar-refractivity contribution in [1.82, 2.24) is 10.2 Å². The average Bonchev–Trinajstić information content (AvgIpc) is 2.69. The second kappa shape index (κ2) is 7.55. The van der Waals surface area contributed by atoms with Gasteiger partial charge in [-0.05, 0) is 31.4 Å². The molecule has 140 valence electrons. The third kappa shape index (κ3) is 3.39. The van der Waals surface area contributed by atoms with Crippen LogP contribution < -0.4 is 10.5 Å². The highest BCUT2D eigenvalue weighted by atomic mass is 16.6. The Morgan fingerprint density at radius 1 is 1.04 bits per heavy atom. The number of fused-ring (bicyclic) bond motifs is 1. The molecule has 2 heterocycles. The van der Waals surface area contributed by atoms with Gasteiger partial charge in [0.1, 0.15) is 5.69 Å². The minimum absolute atomic E-state index is 0. The fourth-order valence-electron chi connectivity index (χ4n) is 3.55. The zero-order valence-corrected chi connectivity index (χ0v) is 14.6. The minimum atomic E-state index is -0.346. The van der Waals surface area contributed by atoms with Crippen molar-refractivity contribution in [3.8, 4) is 11.3 Å². The summed E-state index contributed by atoms with van der Waals surface area (Å²) in [4.78, 5) is 25.4. The van der Waals surface area contributed by atoms with Crippen LogP contribution in [0.4, 0.5) is 11.4 Å². The summed E-state index contributed by atoms with van der Waals surface area (Å²) in [6.45, 7) is 1.67. The Morgan fingerprint density at radius 2 is 1.74 bits per heavy atom. The molecule has 1 fully saturated rings. The number of nitro benzene ring substituents is 1. The smallest absolute Gasteiger partial charge is 0.293 e. The Kier molecular flexibility index (Phi) is 5.18. The molecular weight excluding hydrogens is 348 g/mol. The molecule has 8 heteroatoms. The maximum Gasteiger partial charge on any atom is 0.293 e. The molecule has 0 atom stereocenters. The van der Waals surface area contributed by atoms with Crippen molar-refractivity contribution in [3.63, 3.8) is 0 Å². The number of rotatable bonds is 3. The van der Waals surface area contributed by atoms with Gasteiger partial charge in [-0.3, -0.25) is 14.9 Å². The lowest BCUT2D eigenvalue weighted by atomic mass is 10.0. The van der Waals surface area contributed by atoms with Gasteiger partial charge in [0.15, 0.2) is 0 Å². The van der Waals surface area contributed by atoms with E-state index in [9.17, 15) is 14.9 Å². The third-order valence-electron chi connectivity index (χ3n) is 4.84. The number of nitrogens with zero attached hydrogens (tertiary/aromatic N) is 3. The molecule has 1 aromatic heterocycles. The topological polar surface area (TPSA) is 124 Å². The average molecular weight is 368 g/mol. The van der Waals surface area contributed by atoms with E-state index >= 15 is 0 Å². The standard InChI is InChI=1S/C19H18N4O3.H2O/c24-19-15-7-3-2-6-14(15)18(20-21-19)13-8-9-16(17(12-13)23(25)26)22-10-4-1-5-11-22;/h2-3,6-9,12H,1,4-5,10-11H2,(H,21,24);1H2. The van der Waals surface area contributed by atoms with Gasteiger partial charge >= 0.3 is 0 Å². The Balaban J connectivity index is 0.00000210. The van der Waals surface area contributed by atoms with Crippen molar-refractivity contribution in [3.05, 3.63) is 62.9 Å². The van der Waals surface area contributed by atoms with Crippen molar-refractivity contribution in [2.24, 2.45) is 0 Å². The highest BCUT2D eigenvalue weighted by Gasteiger charge is 2.22. The zero-order valence-electron chi connectivity index (χ0n) is 14.6. The Hall–Kier alpha value is -3.26. The van der Waals surface area contributed by atoms with Crippen LogP contribution in [0.25, 0.3) is 22.0 Å². The zero-order chi connectivity index (χ0) is 18.1. The molecule has 0 unspecified atom stereocenters. The van der Waals surface area contributed by atoms with Gasteiger partial charge in [0, 0.05) is 30.1 Å². The van der Waals surface area contributed by atoms with Crippen molar-refractivity contribution >= 4 is 22.1 Å². The summed E-state index contributed by atoms with van der Waals surface area (Å²) in [5.74, 6) is 0. The van der Waals surface area contributed by atoms with Gasteiger partial charge in [-0.1, -0.05) is 24.3 Å². The molecule has 4 rings (SSSR count). The summed E-state index contributed by atoms with van der Waals surface area (Å²) in [6, 6.07) is 12.3. The SMILES string of the molecule is O.O=c1[nH]nc(-c2ccc(N3CCCCC3)c([N+](=O)[O-])c2)c2ccccc12. The van der Waals surface area contributed by atoms with E-state index in [0.717, 1.165) is 32.4 Å². The van der Waals surface area contributed by atoms with E-state index in [1.807, 2.05) is 12.1 Å². The van der Waals surface area contributed by atoms with Gasteiger partial charge in [0.05, 0.1) is 16.0 Å². The molecule has 1 aliphatic heterocycles. The molecule has 0 saturated carbocycles. The third-order valence-corrected chi connectivity index (χ3v) is 4.84. The van der Waals surface area contributed by atoms with E-state index in [0.29, 0.717) is 27.7 Å². The summed E-state index contributed by atoms with van der Waals surface area (Å²) in [5.41, 5.74) is 1.59. The van der Waals surface area contributed by atoms with Crippen LogP contribution in [0.15, 0.2) is 47.3 Å². The predicted octanol–water partition coefficient (Wildman–Crippen LogP) is 2.66. The maximum atomic E-state index is 12.0. The van der Waals surface area contributed by atoms with Crippen molar-refractivity contribution in [2.75, 3.05) is 18.0 Å². The summed E-state index contributed by atoms with van der Waals surface area (Å²) in [5, 5.41) is 19.5. The largest absolute Gasteiger partial charge is 0.412 e. The summed E-state index contributed by atoms with van der Waals surface area (Å²) in [6.07, 6.45) is 3.26. The van der Waals surface area contributed by atoms with E-state index in [2.05, 4.69) is 15.1 Å². The predicted molar refractivity (Wildman–Crippen MR) is 104 cm³/mol. The van der Waals surface area contributed by atoms with Crippen LogP contribution >= 0.6 is 0 Å². The van der Waals surface area contributed by atoms with E-state index in [1.54, 1.807) is 30.3 Å². The number of piperidine rings is 1. The molecule has 2 aromatic carbocycles. The molecule has 0 bridgehead atoms. The Morgan fingerprint density at radius 3 is 2.44 bits per heavy atom. The number of anilines is 1. The molecule has 3 N–H and O–H groups in total. The number of hydrogen-bond donors (Lipinski definition) is 1. The van der Waals surface area contributed by atoms with Crippen LogP contribution in [-0.2, 0) is 0 Å².